The Labute approximate surface area is 97.1 Å². The standard InChI is InChI=1S/C10H12N4OS/c1-2-14-7-8(12-13-14)6-11-10(15)9-4-3-5-16-9/h3-5,7H,2,6H2,1H3,(H,11,15). The number of aromatic nitrogens is 3. The van der Waals surface area contributed by atoms with E-state index >= 15 is 0 Å². The zero-order valence-electron chi connectivity index (χ0n) is 8.88. The number of hydrogen-bond donors (Lipinski definition) is 1. The number of nitrogens with one attached hydrogen (secondary N) is 1. The summed E-state index contributed by atoms with van der Waals surface area (Å²) in [6.07, 6.45) is 1.83. The van der Waals surface area contributed by atoms with Crippen molar-refractivity contribution in [2.45, 2.75) is 20.0 Å². The second kappa shape index (κ2) is 4.89. The molecule has 0 aliphatic carbocycles. The molecule has 2 aromatic heterocycles. The molecule has 0 aliphatic heterocycles. The Kier molecular flexibility index (Phi) is 3.31. The highest BCUT2D eigenvalue weighted by molar-refractivity contribution is 7.12. The maximum Gasteiger partial charge on any atom is 0.261 e. The molecule has 5 nitrogen and oxygen atoms in total. The molecule has 1 amide bonds. The van der Waals surface area contributed by atoms with Crippen molar-refractivity contribution in [3.8, 4) is 0 Å². The van der Waals surface area contributed by atoms with Crippen LogP contribution in [0.15, 0.2) is 23.7 Å². The van der Waals surface area contributed by atoms with E-state index in [2.05, 4.69) is 15.6 Å². The van der Waals surface area contributed by atoms with Crippen molar-refractivity contribution in [3.05, 3.63) is 34.3 Å². The molecular formula is C10H12N4OS. The van der Waals surface area contributed by atoms with Gasteiger partial charge in [-0.3, -0.25) is 9.48 Å². The summed E-state index contributed by atoms with van der Waals surface area (Å²) in [4.78, 5) is 12.3. The SMILES string of the molecule is CCn1cc(CNC(=O)c2cccs2)nn1. The minimum absolute atomic E-state index is 0.0685. The van der Waals surface area contributed by atoms with E-state index in [-0.39, 0.29) is 5.91 Å². The molecule has 0 radical (unpaired) electrons. The minimum atomic E-state index is -0.0685. The second-order valence-corrected chi connectivity index (χ2v) is 4.17. The zero-order chi connectivity index (χ0) is 11.4. The monoisotopic (exact) mass is 236 g/mol. The van der Waals surface area contributed by atoms with E-state index < -0.39 is 0 Å². The summed E-state index contributed by atoms with van der Waals surface area (Å²) in [6, 6.07) is 3.65. The average Bonchev–Trinajstić information content (AvgIpc) is 2.96. The minimum Gasteiger partial charge on any atom is -0.346 e. The van der Waals surface area contributed by atoms with Gasteiger partial charge in [0.1, 0.15) is 5.69 Å². The quantitative estimate of drug-likeness (QED) is 0.870. The molecule has 0 spiro atoms. The highest BCUT2D eigenvalue weighted by Crippen LogP contribution is 2.07. The van der Waals surface area contributed by atoms with Gasteiger partial charge in [-0.2, -0.15) is 0 Å². The molecule has 84 valence electrons. The Morgan fingerprint density at radius 3 is 3.12 bits per heavy atom. The lowest BCUT2D eigenvalue weighted by molar-refractivity contribution is 0.0954. The summed E-state index contributed by atoms with van der Waals surface area (Å²) >= 11 is 1.42. The Morgan fingerprint density at radius 1 is 1.62 bits per heavy atom. The van der Waals surface area contributed by atoms with E-state index in [4.69, 9.17) is 0 Å². The van der Waals surface area contributed by atoms with E-state index in [0.29, 0.717) is 11.4 Å². The predicted molar refractivity (Wildman–Crippen MR) is 61.2 cm³/mol. The highest BCUT2D eigenvalue weighted by atomic mass is 32.1. The molecule has 6 heteroatoms. The van der Waals surface area contributed by atoms with E-state index in [1.807, 2.05) is 24.6 Å². The van der Waals surface area contributed by atoms with Crippen LogP contribution in [-0.4, -0.2) is 20.9 Å². The summed E-state index contributed by atoms with van der Waals surface area (Å²) in [7, 11) is 0. The van der Waals surface area contributed by atoms with Gasteiger partial charge in [-0.25, -0.2) is 0 Å². The van der Waals surface area contributed by atoms with Crippen molar-refractivity contribution < 1.29 is 4.79 Å². The van der Waals surface area contributed by atoms with Crippen molar-refractivity contribution in [1.29, 1.82) is 0 Å². The van der Waals surface area contributed by atoms with E-state index in [1.165, 1.54) is 11.3 Å². The lowest BCUT2D eigenvalue weighted by Gasteiger charge is -1.99. The maximum absolute atomic E-state index is 11.6. The van der Waals surface area contributed by atoms with Gasteiger partial charge in [-0.15, -0.1) is 16.4 Å². The Bertz CT molecular complexity index is 463. The number of aryl methyl sites for hydroxylation is 1. The van der Waals surface area contributed by atoms with Crippen LogP contribution in [0.25, 0.3) is 0 Å². The molecule has 16 heavy (non-hydrogen) atoms. The lowest BCUT2D eigenvalue weighted by atomic mass is 10.4. The Morgan fingerprint density at radius 2 is 2.50 bits per heavy atom. The summed E-state index contributed by atoms with van der Waals surface area (Å²) in [5, 5.41) is 12.5. The topological polar surface area (TPSA) is 59.8 Å². The number of hydrogen-bond acceptors (Lipinski definition) is 4. The third kappa shape index (κ3) is 2.46. The highest BCUT2D eigenvalue weighted by Gasteiger charge is 2.06. The number of rotatable bonds is 4. The van der Waals surface area contributed by atoms with Crippen LogP contribution in [0.4, 0.5) is 0 Å². The fraction of sp³-hybridized carbons (Fsp3) is 0.300. The molecule has 0 saturated carbocycles. The summed E-state index contributed by atoms with van der Waals surface area (Å²) in [6.45, 7) is 3.19. The first kappa shape index (κ1) is 10.8. The summed E-state index contributed by atoms with van der Waals surface area (Å²) in [5.74, 6) is -0.0685. The third-order valence-corrected chi connectivity index (χ3v) is 2.95. The van der Waals surface area contributed by atoms with Gasteiger partial charge in [0.2, 0.25) is 0 Å². The van der Waals surface area contributed by atoms with Gasteiger partial charge < -0.3 is 5.32 Å². The normalized spacial score (nSPS) is 10.3. The summed E-state index contributed by atoms with van der Waals surface area (Å²) < 4.78 is 1.73. The molecule has 0 atom stereocenters. The van der Waals surface area contributed by atoms with Crippen molar-refractivity contribution in [1.82, 2.24) is 20.3 Å². The first-order valence-corrected chi connectivity index (χ1v) is 5.88. The fourth-order valence-corrected chi connectivity index (χ4v) is 1.88. The number of carbonyl (C=O) groups is 1. The zero-order valence-corrected chi connectivity index (χ0v) is 9.70. The van der Waals surface area contributed by atoms with Gasteiger partial charge in [0, 0.05) is 6.54 Å². The van der Waals surface area contributed by atoms with E-state index in [9.17, 15) is 4.79 Å². The van der Waals surface area contributed by atoms with Gasteiger partial charge in [0.25, 0.3) is 5.91 Å². The molecule has 0 bridgehead atoms. The number of carbonyl (C=O) groups excluding carboxylic acids is 1. The average molecular weight is 236 g/mol. The molecular weight excluding hydrogens is 224 g/mol. The van der Waals surface area contributed by atoms with Crippen molar-refractivity contribution >= 4 is 17.2 Å². The lowest BCUT2D eigenvalue weighted by Crippen LogP contribution is -2.21. The molecule has 0 unspecified atom stereocenters. The second-order valence-electron chi connectivity index (χ2n) is 3.23. The van der Waals surface area contributed by atoms with Crippen LogP contribution in [0.2, 0.25) is 0 Å². The van der Waals surface area contributed by atoms with Gasteiger partial charge in [0.15, 0.2) is 0 Å². The van der Waals surface area contributed by atoms with Gasteiger partial charge in [0.05, 0.1) is 17.6 Å². The van der Waals surface area contributed by atoms with Crippen LogP contribution in [0, 0.1) is 0 Å². The van der Waals surface area contributed by atoms with Gasteiger partial charge >= 0.3 is 0 Å². The molecule has 0 saturated heterocycles. The van der Waals surface area contributed by atoms with E-state index in [0.717, 1.165) is 12.2 Å². The number of amides is 1. The first-order chi connectivity index (χ1) is 7.79. The van der Waals surface area contributed by atoms with Crippen LogP contribution in [-0.2, 0) is 13.1 Å². The molecule has 0 aliphatic rings. The molecule has 0 fully saturated rings. The maximum atomic E-state index is 11.6. The van der Waals surface area contributed by atoms with E-state index in [1.54, 1.807) is 10.7 Å². The predicted octanol–water partition coefficient (Wildman–Crippen LogP) is 1.29. The van der Waals surface area contributed by atoms with Crippen LogP contribution in [0.5, 0.6) is 0 Å². The Balaban J connectivity index is 1.90. The number of nitrogens with zero attached hydrogens (tertiary/aromatic N) is 3. The van der Waals surface area contributed by atoms with Crippen LogP contribution < -0.4 is 5.32 Å². The van der Waals surface area contributed by atoms with Crippen LogP contribution in [0.3, 0.4) is 0 Å². The molecule has 1 N–H and O–H groups in total. The van der Waals surface area contributed by atoms with Crippen molar-refractivity contribution in [3.63, 3.8) is 0 Å². The van der Waals surface area contributed by atoms with Crippen molar-refractivity contribution in [2.24, 2.45) is 0 Å². The van der Waals surface area contributed by atoms with Gasteiger partial charge in [-0.05, 0) is 18.4 Å². The summed E-state index contributed by atoms with van der Waals surface area (Å²) in [5.41, 5.74) is 0.770. The largest absolute Gasteiger partial charge is 0.346 e. The Hall–Kier alpha value is -1.69. The first-order valence-electron chi connectivity index (χ1n) is 5.00. The van der Waals surface area contributed by atoms with Crippen LogP contribution in [0.1, 0.15) is 22.3 Å². The molecule has 2 aromatic rings. The van der Waals surface area contributed by atoms with Crippen molar-refractivity contribution in [2.75, 3.05) is 0 Å². The number of thiophene rings is 1. The van der Waals surface area contributed by atoms with Gasteiger partial charge in [-0.1, -0.05) is 11.3 Å². The third-order valence-electron chi connectivity index (χ3n) is 2.09. The smallest absolute Gasteiger partial charge is 0.261 e. The fourth-order valence-electron chi connectivity index (χ4n) is 1.24. The molecule has 2 heterocycles. The molecule has 2 rings (SSSR count). The molecule has 0 aromatic carbocycles. The van der Waals surface area contributed by atoms with Crippen LogP contribution >= 0.6 is 11.3 Å².